The molecule has 0 radical (unpaired) electrons. The van der Waals surface area contributed by atoms with Crippen molar-refractivity contribution < 1.29 is 0 Å². The number of nitrogens with two attached hydrogens (primary N) is 1. The van der Waals surface area contributed by atoms with Crippen molar-refractivity contribution in [1.82, 2.24) is 9.88 Å². The van der Waals surface area contributed by atoms with Crippen molar-refractivity contribution >= 4 is 0 Å². The Labute approximate surface area is 78.6 Å². The van der Waals surface area contributed by atoms with E-state index in [-0.39, 0.29) is 0 Å². The van der Waals surface area contributed by atoms with E-state index in [1.165, 1.54) is 5.56 Å². The maximum absolute atomic E-state index is 5.55. The number of rotatable bonds is 3. The van der Waals surface area contributed by atoms with Crippen LogP contribution in [0.1, 0.15) is 5.56 Å². The van der Waals surface area contributed by atoms with Crippen molar-refractivity contribution in [2.75, 3.05) is 19.6 Å². The first-order valence-corrected chi connectivity index (χ1v) is 4.70. The third kappa shape index (κ3) is 2.05. The van der Waals surface area contributed by atoms with Gasteiger partial charge in [-0.25, -0.2) is 0 Å². The van der Waals surface area contributed by atoms with Crippen LogP contribution in [0.2, 0.25) is 0 Å². The van der Waals surface area contributed by atoms with Gasteiger partial charge in [0.2, 0.25) is 0 Å². The van der Waals surface area contributed by atoms with Gasteiger partial charge in [-0.1, -0.05) is 6.07 Å². The Balaban J connectivity index is 1.81. The highest BCUT2D eigenvalue weighted by atomic mass is 15.2. The summed E-state index contributed by atoms with van der Waals surface area (Å²) >= 11 is 0. The summed E-state index contributed by atoms with van der Waals surface area (Å²) in [5, 5.41) is 0. The predicted molar refractivity (Wildman–Crippen MR) is 52.1 cm³/mol. The number of hydrogen-bond donors (Lipinski definition) is 1. The standard InChI is InChI=1S/C10H15N3/c11-4-10-7-13(8-10)6-9-2-1-3-12-5-9/h1-3,5,10H,4,6-8,11H2. The molecular weight excluding hydrogens is 162 g/mol. The smallest absolute Gasteiger partial charge is 0.0312 e. The molecule has 1 aromatic heterocycles. The topological polar surface area (TPSA) is 42.1 Å². The molecule has 0 aromatic carbocycles. The van der Waals surface area contributed by atoms with E-state index in [0.29, 0.717) is 0 Å². The summed E-state index contributed by atoms with van der Waals surface area (Å²) in [4.78, 5) is 6.48. The van der Waals surface area contributed by atoms with Crippen molar-refractivity contribution in [2.45, 2.75) is 6.54 Å². The number of hydrogen-bond acceptors (Lipinski definition) is 3. The molecule has 1 aromatic rings. The summed E-state index contributed by atoms with van der Waals surface area (Å²) in [6.45, 7) is 4.13. The zero-order valence-corrected chi connectivity index (χ0v) is 7.69. The number of pyridine rings is 1. The molecule has 3 heteroatoms. The average Bonchev–Trinajstić information content (AvgIpc) is 2.12. The second-order valence-electron chi connectivity index (χ2n) is 3.66. The fourth-order valence-corrected chi connectivity index (χ4v) is 1.70. The van der Waals surface area contributed by atoms with Gasteiger partial charge < -0.3 is 5.73 Å². The van der Waals surface area contributed by atoms with Gasteiger partial charge in [0.15, 0.2) is 0 Å². The lowest BCUT2D eigenvalue weighted by atomic mass is 10.00. The summed E-state index contributed by atoms with van der Waals surface area (Å²) in [6.07, 6.45) is 3.73. The normalized spacial score (nSPS) is 18.5. The predicted octanol–water partition coefficient (Wildman–Crippen LogP) is 0.472. The largest absolute Gasteiger partial charge is 0.330 e. The van der Waals surface area contributed by atoms with Gasteiger partial charge in [0.05, 0.1) is 0 Å². The van der Waals surface area contributed by atoms with Gasteiger partial charge in [-0.2, -0.15) is 0 Å². The second kappa shape index (κ2) is 3.85. The highest BCUT2D eigenvalue weighted by molar-refractivity contribution is 5.08. The van der Waals surface area contributed by atoms with E-state index in [9.17, 15) is 0 Å². The molecule has 1 saturated heterocycles. The second-order valence-corrected chi connectivity index (χ2v) is 3.66. The third-order valence-electron chi connectivity index (χ3n) is 2.50. The van der Waals surface area contributed by atoms with Gasteiger partial charge in [-0.05, 0) is 24.1 Å². The quantitative estimate of drug-likeness (QED) is 0.730. The zero-order chi connectivity index (χ0) is 9.10. The fraction of sp³-hybridized carbons (Fsp3) is 0.500. The molecule has 1 aliphatic rings. The molecule has 1 fully saturated rings. The summed E-state index contributed by atoms with van der Waals surface area (Å²) in [5.74, 6) is 0.719. The van der Waals surface area contributed by atoms with E-state index >= 15 is 0 Å². The lowest BCUT2D eigenvalue weighted by Gasteiger charge is -2.38. The molecule has 2 N–H and O–H groups in total. The maximum Gasteiger partial charge on any atom is 0.0312 e. The van der Waals surface area contributed by atoms with Crippen molar-refractivity contribution in [2.24, 2.45) is 11.7 Å². The van der Waals surface area contributed by atoms with Crippen molar-refractivity contribution in [3.8, 4) is 0 Å². The van der Waals surface area contributed by atoms with Crippen molar-refractivity contribution in [3.05, 3.63) is 30.1 Å². The molecule has 0 aliphatic carbocycles. The van der Waals surface area contributed by atoms with Crippen LogP contribution in [0.3, 0.4) is 0 Å². The number of aromatic nitrogens is 1. The van der Waals surface area contributed by atoms with Crippen LogP contribution in [0, 0.1) is 5.92 Å². The molecule has 0 spiro atoms. The maximum atomic E-state index is 5.55. The SMILES string of the molecule is NCC1CN(Cc2cccnc2)C1. The van der Waals surface area contributed by atoms with Crippen LogP contribution in [0.5, 0.6) is 0 Å². The first kappa shape index (κ1) is 8.66. The molecule has 70 valence electrons. The average molecular weight is 177 g/mol. The van der Waals surface area contributed by atoms with E-state index < -0.39 is 0 Å². The van der Waals surface area contributed by atoms with Crippen molar-refractivity contribution in [3.63, 3.8) is 0 Å². The van der Waals surface area contributed by atoms with Crippen LogP contribution in [-0.4, -0.2) is 29.5 Å². The molecule has 0 bridgehead atoms. The molecule has 13 heavy (non-hydrogen) atoms. The Kier molecular flexibility index (Phi) is 2.57. The Morgan fingerprint density at radius 2 is 2.38 bits per heavy atom. The monoisotopic (exact) mass is 177 g/mol. The van der Waals surface area contributed by atoms with Gasteiger partial charge in [0.1, 0.15) is 0 Å². The van der Waals surface area contributed by atoms with Gasteiger partial charge in [0, 0.05) is 32.0 Å². The Hall–Kier alpha value is -0.930. The molecule has 1 aliphatic heterocycles. The first-order chi connectivity index (χ1) is 6.38. The lowest BCUT2D eigenvalue weighted by molar-refractivity contribution is 0.0978. The van der Waals surface area contributed by atoms with Crippen LogP contribution < -0.4 is 5.73 Å². The Bertz CT molecular complexity index is 254. The minimum Gasteiger partial charge on any atom is -0.330 e. The van der Waals surface area contributed by atoms with Crippen LogP contribution >= 0.6 is 0 Å². The van der Waals surface area contributed by atoms with E-state index in [2.05, 4.69) is 16.0 Å². The lowest BCUT2D eigenvalue weighted by Crippen LogP contribution is -2.49. The zero-order valence-electron chi connectivity index (χ0n) is 7.69. The molecule has 2 heterocycles. The fourth-order valence-electron chi connectivity index (χ4n) is 1.70. The van der Waals surface area contributed by atoms with Gasteiger partial charge in [-0.3, -0.25) is 9.88 Å². The third-order valence-corrected chi connectivity index (χ3v) is 2.50. The van der Waals surface area contributed by atoms with Gasteiger partial charge in [0.25, 0.3) is 0 Å². The number of nitrogens with zero attached hydrogens (tertiary/aromatic N) is 2. The molecular formula is C10H15N3. The highest BCUT2D eigenvalue weighted by Gasteiger charge is 2.24. The summed E-state index contributed by atoms with van der Waals surface area (Å²) in [7, 11) is 0. The number of likely N-dealkylation sites (tertiary alicyclic amines) is 1. The minimum atomic E-state index is 0.719. The van der Waals surface area contributed by atoms with E-state index in [4.69, 9.17) is 5.73 Å². The van der Waals surface area contributed by atoms with Crippen LogP contribution in [0.4, 0.5) is 0 Å². The molecule has 2 rings (SSSR count). The molecule has 0 amide bonds. The molecule has 0 atom stereocenters. The van der Waals surface area contributed by atoms with Crippen LogP contribution in [-0.2, 0) is 6.54 Å². The summed E-state index contributed by atoms with van der Waals surface area (Å²) in [5.41, 5.74) is 6.84. The van der Waals surface area contributed by atoms with Gasteiger partial charge >= 0.3 is 0 Å². The Morgan fingerprint density at radius 3 is 3.00 bits per heavy atom. The van der Waals surface area contributed by atoms with E-state index in [1.54, 1.807) is 0 Å². The van der Waals surface area contributed by atoms with Crippen LogP contribution in [0.15, 0.2) is 24.5 Å². The minimum absolute atomic E-state index is 0.719. The summed E-state index contributed by atoms with van der Waals surface area (Å²) < 4.78 is 0. The van der Waals surface area contributed by atoms with Crippen molar-refractivity contribution in [1.29, 1.82) is 0 Å². The van der Waals surface area contributed by atoms with Crippen LogP contribution in [0.25, 0.3) is 0 Å². The Morgan fingerprint density at radius 1 is 1.54 bits per heavy atom. The van der Waals surface area contributed by atoms with E-state index in [0.717, 1.165) is 32.1 Å². The molecule has 0 unspecified atom stereocenters. The highest BCUT2D eigenvalue weighted by Crippen LogP contribution is 2.16. The molecule has 3 nitrogen and oxygen atoms in total. The van der Waals surface area contributed by atoms with Gasteiger partial charge in [-0.15, -0.1) is 0 Å². The first-order valence-electron chi connectivity index (χ1n) is 4.70. The van der Waals surface area contributed by atoms with E-state index in [1.807, 2.05) is 18.5 Å². The summed E-state index contributed by atoms with van der Waals surface area (Å²) in [6, 6.07) is 4.10. The molecule has 0 saturated carbocycles.